The van der Waals surface area contributed by atoms with Gasteiger partial charge < -0.3 is 25.0 Å². The van der Waals surface area contributed by atoms with Crippen molar-refractivity contribution < 1.29 is 39.6 Å². The van der Waals surface area contributed by atoms with Gasteiger partial charge in [-0.1, -0.05) is 29.3 Å². The van der Waals surface area contributed by atoms with Gasteiger partial charge in [0.1, 0.15) is 0 Å². The molecule has 0 amide bonds. The van der Waals surface area contributed by atoms with Gasteiger partial charge in [-0.2, -0.15) is 0 Å². The van der Waals surface area contributed by atoms with Crippen molar-refractivity contribution in [2.24, 2.45) is 0 Å². The highest BCUT2D eigenvalue weighted by Gasteiger charge is 2.40. The highest BCUT2D eigenvalue weighted by atomic mass is 35.5. The van der Waals surface area contributed by atoms with Crippen LogP contribution in [0, 0.1) is 0 Å². The Hall–Kier alpha value is -3.11. The van der Waals surface area contributed by atoms with E-state index in [1.807, 2.05) is 0 Å². The summed E-state index contributed by atoms with van der Waals surface area (Å²) >= 11 is 11.7. The summed E-state index contributed by atoms with van der Waals surface area (Å²) < 4.78 is 1.06. The molecule has 2 aromatic rings. The summed E-state index contributed by atoms with van der Waals surface area (Å²) in [5.41, 5.74) is -0.785. The number of carboxylic acids is 4. The van der Waals surface area contributed by atoms with Crippen LogP contribution in [0.15, 0.2) is 24.5 Å². The van der Waals surface area contributed by atoms with Crippen molar-refractivity contribution >= 4 is 47.1 Å². The average Bonchev–Trinajstić information content (AvgIpc) is 2.93. The summed E-state index contributed by atoms with van der Waals surface area (Å²) in [4.78, 5) is 49.4. The summed E-state index contributed by atoms with van der Waals surface area (Å²) in [6.07, 6.45) is 0.977. The van der Waals surface area contributed by atoms with Gasteiger partial charge >= 0.3 is 23.9 Å². The third-order valence-corrected chi connectivity index (χ3v) is 4.52. The number of hydrogen-bond donors (Lipinski definition) is 4. The second kappa shape index (κ2) is 8.28. The lowest BCUT2D eigenvalue weighted by atomic mass is 9.96. The predicted molar refractivity (Wildman–Crippen MR) is 93.8 cm³/mol. The lowest BCUT2D eigenvalue weighted by Gasteiger charge is -2.16. The van der Waals surface area contributed by atoms with Crippen LogP contribution in [-0.2, 0) is 25.7 Å². The van der Waals surface area contributed by atoms with E-state index < -0.39 is 47.1 Å². The quantitative estimate of drug-likeness (QED) is 0.455. The maximum atomic E-state index is 11.5. The first-order chi connectivity index (χ1) is 13.0. The van der Waals surface area contributed by atoms with Crippen molar-refractivity contribution in [1.29, 1.82) is 0 Å². The minimum Gasteiger partial charge on any atom is -0.480 e. The van der Waals surface area contributed by atoms with Crippen LogP contribution in [0.5, 0.6) is 0 Å². The minimum atomic E-state index is -2.24. The zero-order valence-electron chi connectivity index (χ0n) is 13.7. The van der Waals surface area contributed by atoms with E-state index in [2.05, 4.69) is 4.98 Å². The maximum Gasteiger partial charge on any atom is 0.324 e. The number of rotatable bonds is 8. The number of aliphatic carboxylic acids is 4. The number of benzene rings is 1. The molecule has 0 aliphatic carbocycles. The first-order valence-corrected chi connectivity index (χ1v) is 8.20. The average molecular weight is 431 g/mol. The number of imidazole rings is 1. The van der Waals surface area contributed by atoms with Gasteiger partial charge in [0.25, 0.3) is 0 Å². The molecule has 1 heterocycles. The molecule has 0 saturated carbocycles. The molecule has 0 atom stereocenters. The van der Waals surface area contributed by atoms with Crippen LogP contribution in [0.2, 0.25) is 10.0 Å². The summed E-state index contributed by atoms with van der Waals surface area (Å²) in [6.45, 7) is -0.151. The number of halogens is 2. The molecule has 0 aliphatic rings. The zero-order valence-corrected chi connectivity index (χ0v) is 15.3. The molecule has 1 aromatic heterocycles. The fourth-order valence-electron chi connectivity index (χ4n) is 2.58. The van der Waals surface area contributed by atoms with Gasteiger partial charge in [0, 0.05) is 6.54 Å². The number of carboxylic acid groups (broad SMARTS) is 4. The molecule has 0 spiro atoms. The van der Waals surface area contributed by atoms with Crippen molar-refractivity contribution in [3.63, 3.8) is 0 Å². The van der Waals surface area contributed by atoms with E-state index in [0.717, 1.165) is 10.9 Å². The Morgan fingerprint density at radius 2 is 1.43 bits per heavy atom. The first kappa shape index (κ1) is 21.2. The van der Waals surface area contributed by atoms with Crippen LogP contribution in [0.3, 0.4) is 0 Å². The smallest absolute Gasteiger partial charge is 0.324 e. The number of carbonyl (C=O) groups is 4. The van der Waals surface area contributed by atoms with Crippen LogP contribution >= 0.6 is 23.2 Å². The second-order valence-corrected chi connectivity index (χ2v) is 6.42. The van der Waals surface area contributed by atoms with Gasteiger partial charge in [-0.25, -0.2) is 4.98 Å². The summed E-state index contributed by atoms with van der Waals surface area (Å²) in [6, 6.07) is 4.43. The molecule has 12 heteroatoms. The Kier molecular flexibility index (Phi) is 6.26. The van der Waals surface area contributed by atoms with E-state index in [-0.39, 0.29) is 16.6 Å². The SMILES string of the molecule is O=C(O)C(C(=O)O)c1ncn(Cc2ccc(Cl)c(Cl)c2)c1C(C(=O)O)C(=O)O. The van der Waals surface area contributed by atoms with Crippen molar-refractivity contribution in [3.05, 3.63) is 51.5 Å². The van der Waals surface area contributed by atoms with Crippen LogP contribution in [0.4, 0.5) is 0 Å². The predicted octanol–water partition coefficient (Wildman–Crippen LogP) is 1.74. The third kappa shape index (κ3) is 4.24. The van der Waals surface area contributed by atoms with Crippen LogP contribution in [0.25, 0.3) is 0 Å². The Labute approximate surface area is 166 Å². The standard InChI is InChI=1S/C16H12Cl2N2O8/c17-7-2-1-6(3-8(7)18)4-20-5-19-11(9(13(21)22)14(23)24)12(20)10(15(25)26)16(27)28/h1-3,5,9-10H,4H2,(H,21,22)(H,23,24)(H,25,26)(H,27,28). The van der Waals surface area contributed by atoms with Crippen LogP contribution in [0.1, 0.15) is 28.8 Å². The molecule has 2 rings (SSSR count). The van der Waals surface area contributed by atoms with Gasteiger partial charge in [-0.15, -0.1) is 0 Å². The summed E-state index contributed by atoms with van der Waals surface area (Å²) in [5.74, 6) is -11.7. The lowest BCUT2D eigenvalue weighted by molar-refractivity contribution is -0.153. The van der Waals surface area contributed by atoms with E-state index >= 15 is 0 Å². The normalized spacial score (nSPS) is 11.0. The Morgan fingerprint density at radius 3 is 1.89 bits per heavy atom. The van der Waals surface area contributed by atoms with Crippen molar-refractivity contribution in [3.8, 4) is 0 Å². The largest absolute Gasteiger partial charge is 0.480 e. The minimum absolute atomic E-state index is 0.151. The Morgan fingerprint density at radius 1 is 0.893 bits per heavy atom. The van der Waals surface area contributed by atoms with Crippen molar-refractivity contribution in [2.75, 3.05) is 0 Å². The summed E-state index contributed by atoms with van der Waals surface area (Å²) in [7, 11) is 0. The topological polar surface area (TPSA) is 167 Å². The Balaban J connectivity index is 2.67. The highest BCUT2D eigenvalue weighted by Crippen LogP contribution is 2.29. The molecule has 0 aliphatic heterocycles. The molecule has 1 aromatic carbocycles. The van der Waals surface area contributed by atoms with Gasteiger partial charge in [0.15, 0.2) is 11.8 Å². The monoisotopic (exact) mass is 430 g/mol. The maximum absolute atomic E-state index is 11.5. The molecular weight excluding hydrogens is 419 g/mol. The lowest BCUT2D eigenvalue weighted by Crippen LogP contribution is -2.29. The molecule has 0 fully saturated rings. The third-order valence-electron chi connectivity index (χ3n) is 3.78. The van der Waals surface area contributed by atoms with E-state index in [1.165, 1.54) is 18.2 Å². The molecule has 28 heavy (non-hydrogen) atoms. The van der Waals surface area contributed by atoms with Crippen LogP contribution < -0.4 is 0 Å². The fraction of sp³-hybridized carbons (Fsp3) is 0.188. The van der Waals surface area contributed by atoms with Crippen molar-refractivity contribution in [2.45, 2.75) is 18.4 Å². The number of hydrogen-bond acceptors (Lipinski definition) is 5. The molecule has 4 N–H and O–H groups in total. The van der Waals surface area contributed by atoms with E-state index in [4.69, 9.17) is 23.2 Å². The summed E-state index contributed by atoms with van der Waals surface area (Å²) in [5, 5.41) is 37.4. The van der Waals surface area contributed by atoms with E-state index in [9.17, 15) is 39.6 Å². The fourth-order valence-corrected chi connectivity index (χ4v) is 2.90. The van der Waals surface area contributed by atoms with Gasteiger partial charge in [0.05, 0.1) is 27.8 Å². The molecule has 148 valence electrons. The van der Waals surface area contributed by atoms with Gasteiger partial charge in [0.2, 0.25) is 0 Å². The van der Waals surface area contributed by atoms with Gasteiger partial charge in [-0.05, 0) is 17.7 Å². The highest BCUT2D eigenvalue weighted by molar-refractivity contribution is 6.42. The second-order valence-electron chi connectivity index (χ2n) is 5.61. The molecule has 10 nitrogen and oxygen atoms in total. The van der Waals surface area contributed by atoms with Gasteiger partial charge in [-0.3, -0.25) is 19.2 Å². The Bertz CT molecular complexity index is 944. The molecule has 0 bridgehead atoms. The zero-order chi connectivity index (χ0) is 21.2. The molecule has 0 radical (unpaired) electrons. The first-order valence-electron chi connectivity index (χ1n) is 7.44. The van der Waals surface area contributed by atoms with E-state index in [1.54, 1.807) is 0 Å². The molecular formula is C16H12Cl2N2O8. The number of aromatic nitrogens is 2. The number of nitrogens with zero attached hydrogens (tertiary/aromatic N) is 2. The van der Waals surface area contributed by atoms with Crippen molar-refractivity contribution in [1.82, 2.24) is 9.55 Å². The van der Waals surface area contributed by atoms with Crippen LogP contribution in [-0.4, -0.2) is 53.9 Å². The van der Waals surface area contributed by atoms with E-state index in [0.29, 0.717) is 5.56 Å². The molecule has 0 unspecified atom stereocenters. The molecule has 0 saturated heterocycles.